The molecular formula is C8H12O4S2. The molecule has 0 saturated heterocycles. The van der Waals surface area contributed by atoms with Gasteiger partial charge in [-0.1, -0.05) is 0 Å². The summed E-state index contributed by atoms with van der Waals surface area (Å²) in [5.74, 6) is -0.267. The number of hydrogen-bond acceptors (Lipinski definition) is 6. The molecule has 0 aliphatic rings. The van der Waals surface area contributed by atoms with Gasteiger partial charge in [-0.15, -0.1) is 0 Å². The maximum atomic E-state index is 10.8. The van der Waals surface area contributed by atoms with E-state index in [0.29, 0.717) is 11.5 Å². The summed E-state index contributed by atoms with van der Waals surface area (Å²) in [6, 6.07) is 0. The molecule has 0 heterocycles. The fraction of sp³-hybridized carbons (Fsp3) is 0.500. The molecule has 0 radical (unpaired) electrons. The molecule has 14 heavy (non-hydrogen) atoms. The third-order valence-corrected chi connectivity index (χ3v) is 1.39. The first kappa shape index (κ1) is 13.4. The minimum atomic E-state index is -0.582. The van der Waals surface area contributed by atoms with Gasteiger partial charge in [-0.25, -0.2) is 9.59 Å². The zero-order valence-corrected chi connectivity index (χ0v) is 9.30. The second kappa shape index (κ2) is 8.96. The number of thiol groups is 2. The summed E-state index contributed by atoms with van der Waals surface area (Å²) in [5.41, 5.74) is 0. The molecular weight excluding hydrogens is 224 g/mol. The summed E-state index contributed by atoms with van der Waals surface area (Å²) in [7, 11) is 0. The molecule has 80 valence electrons. The van der Waals surface area contributed by atoms with Gasteiger partial charge in [-0.2, -0.15) is 25.3 Å². The second-order valence-corrected chi connectivity index (χ2v) is 3.01. The van der Waals surface area contributed by atoms with Crippen molar-refractivity contribution in [2.24, 2.45) is 0 Å². The molecule has 6 heteroatoms. The summed E-state index contributed by atoms with van der Waals surface area (Å²) < 4.78 is 9.24. The maximum Gasteiger partial charge on any atom is 0.331 e. The smallest absolute Gasteiger partial charge is 0.331 e. The molecule has 4 nitrogen and oxygen atoms in total. The quantitative estimate of drug-likeness (QED) is 0.400. The van der Waals surface area contributed by atoms with Crippen molar-refractivity contribution >= 4 is 37.2 Å². The first-order valence-electron chi connectivity index (χ1n) is 3.94. The zero-order valence-electron chi connectivity index (χ0n) is 7.51. The van der Waals surface area contributed by atoms with Crippen LogP contribution in [0.15, 0.2) is 12.2 Å². The van der Waals surface area contributed by atoms with E-state index in [1.165, 1.54) is 0 Å². The normalized spacial score (nSPS) is 10.1. The molecule has 0 spiro atoms. The third-order valence-electron chi connectivity index (χ3n) is 1.03. The van der Waals surface area contributed by atoms with Crippen LogP contribution in [0.1, 0.15) is 0 Å². The van der Waals surface area contributed by atoms with Crippen LogP contribution < -0.4 is 0 Å². The number of ether oxygens (including phenoxy) is 2. The molecule has 0 aromatic rings. The van der Waals surface area contributed by atoms with Crippen molar-refractivity contribution in [1.29, 1.82) is 0 Å². The van der Waals surface area contributed by atoms with Crippen molar-refractivity contribution in [3.8, 4) is 0 Å². The van der Waals surface area contributed by atoms with Gasteiger partial charge < -0.3 is 9.47 Å². The predicted octanol–water partition coefficient (Wildman–Crippen LogP) is 0.489. The van der Waals surface area contributed by atoms with Gasteiger partial charge in [-0.05, 0) is 0 Å². The second-order valence-electron chi connectivity index (χ2n) is 2.12. The molecule has 0 fully saturated rings. The Kier molecular flexibility index (Phi) is 8.56. The van der Waals surface area contributed by atoms with Crippen LogP contribution in [0.25, 0.3) is 0 Å². The zero-order chi connectivity index (χ0) is 10.8. The molecule has 0 atom stereocenters. The van der Waals surface area contributed by atoms with Gasteiger partial charge in [-0.3, -0.25) is 0 Å². The van der Waals surface area contributed by atoms with Crippen LogP contribution in [0, 0.1) is 0 Å². The Morgan fingerprint density at radius 1 is 0.929 bits per heavy atom. The summed E-state index contributed by atoms with van der Waals surface area (Å²) in [4.78, 5) is 21.6. The Balaban J connectivity index is 3.68. The van der Waals surface area contributed by atoms with Crippen molar-refractivity contribution in [3.63, 3.8) is 0 Å². The van der Waals surface area contributed by atoms with Crippen LogP contribution >= 0.6 is 25.3 Å². The summed E-state index contributed by atoms with van der Waals surface area (Å²) in [6.45, 7) is 0.440. The van der Waals surface area contributed by atoms with Gasteiger partial charge in [0.05, 0.1) is 0 Å². The van der Waals surface area contributed by atoms with E-state index in [-0.39, 0.29) is 13.2 Å². The Morgan fingerprint density at radius 2 is 1.29 bits per heavy atom. The first-order chi connectivity index (χ1) is 6.70. The molecule has 0 aliphatic heterocycles. The predicted molar refractivity (Wildman–Crippen MR) is 58.8 cm³/mol. The monoisotopic (exact) mass is 236 g/mol. The van der Waals surface area contributed by atoms with Crippen molar-refractivity contribution in [1.82, 2.24) is 0 Å². The highest BCUT2D eigenvalue weighted by molar-refractivity contribution is 7.80. The number of esters is 2. The highest BCUT2D eigenvalue weighted by Gasteiger charge is 1.99. The Bertz CT molecular complexity index is 193. The molecule has 0 rings (SSSR count). The SMILES string of the molecule is O=C(/C=C/C(=O)OCCS)OCCS. The standard InChI is InChI=1S/C8H12O4S2/c9-7(11-3-5-13)1-2-8(10)12-4-6-14/h1-2,13-14H,3-6H2/b2-1+. The van der Waals surface area contributed by atoms with E-state index in [1.807, 2.05) is 0 Å². The molecule has 0 aromatic heterocycles. The van der Waals surface area contributed by atoms with Crippen molar-refractivity contribution in [2.45, 2.75) is 0 Å². The van der Waals surface area contributed by atoms with Crippen molar-refractivity contribution in [3.05, 3.63) is 12.2 Å². The molecule has 0 bridgehead atoms. The minimum Gasteiger partial charge on any atom is -0.462 e. The van der Waals surface area contributed by atoms with E-state index < -0.39 is 11.9 Å². The summed E-state index contributed by atoms with van der Waals surface area (Å²) in [5, 5.41) is 0. The average molecular weight is 236 g/mol. The van der Waals surface area contributed by atoms with E-state index in [0.717, 1.165) is 12.2 Å². The summed E-state index contributed by atoms with van der Waals surface area (Å²) >= 11 is 7.70. The fourth-order valence-corrected chi connectivity index (χ4v) is 0.707. The molecule has 0 N–H and O–H groups in total. The lowest BCUT2D eigenvalue weighted by molar-refractivity contribution is -0.139. The Hall–Kier alpha value is -0.620. The molecule has 0 aromatic carbocycles. The maximum absolute atomic E-state index is 10.8. The molecule has 0 unspecified atom stereocenters. The molecule has 0 saturated carbocycles. The number of rotatable bonds is 6. The van der Waals surface area contributed by atoms with Crippen molar-refractivity contribution in [2.75, 3.05) is 24.7 Å². The van der Waals surface area contributed by atoms with Crippen LogP contribution in [0.2, 0.25) is 0 Å². The van der Waals surface area contributed by atoms with Gasteiger partial charge in [0.1, 0.15) is 13.2 Å². The van der Waals surface area contributed by atoms with Gasteiger partial charge in [0.25, 0.3) is 0 Å². The van der Waals surface area contributed by atoms with Gasteiger partial charge in [0.15, 0.2) is 0 Å². The van der Waals surface area contributed by atoms with Gasteiger partial charge in [0.2, 0.25) is 0 Å². The van der Waals surface area contributed by atoms with Crippen LogP contribution in [0.4, 0.5) is 0 Å². The highest BCUT2D eigenvalue weighted by Crippen LogP contribution is 1.87. The Morgan fingerprint density at radius 3 is 1.57 bits per heavy atom. The molecule has 0 aliphatic carbocycles. The number of carbonyl (C=O) groups excluding carboxylic acids is 2. The van der Waals surface area contributed by atoms with Crippen LogP contribution in [-0.2, 0) is 19.1 Å². The largest absolute Gasteiger partial charge is 0.462 e. The Labute approximate surface area is 93.5 Å². The van der Waals surface area contributed by atoms with Gasteiger partial charge in [0, 0.05) is 23.7 Å². The van der Waals surface area contributed by atoms with E-state index in [9.17, 15) is 9.59 Å². The highest BCUT2D eigenvalue weighted by atomic mass is 32.1. The fourth-order valence-electron chi connectivity index (χ4n) is 0.525. The number of hydrogen-bond donors (Lipinski definition) is 2. The first-order valence-corrected chi connectivity index (χ1v) is 5.20. The van der Waals surface area contributed by atoms with Crippen LogP contribution in [-0.4, -0.2) is 36.7 Å². The van der Waals surface area contributed by atoms with Gasteiger partial charge >= 0.3 is 11.9 Å². The average Bonchev–Trinajstić information content (AvgIpc) is 2.20. The van der Waals surface area contributed by atoms with Crippen LogP contribution in [0.5, 0.6) is 0 Å². The third kappa shape index (κ3) is 8.00. The molecule has 0 amide bonds. The van der Waals surface area contributed by atoms with E-state index in [2.05, 4.69) is 34.7 Å². The summed E-state index contributed by atoms with van der Waals surface area (Å²) in [6.07, 6.45) is 2.04. The topological polar surface area (TPSA) is 52.6 Å². The lowest BCUT2D eigenvalue weighted by Gasteiger charge is -1.98. The minimum absolute atomic E-state index is 0.220. The number of carbonyl (C=O) groups is 2. The van der Waals surface area contributed by atoms with E-state index >= 15 is 0 Å². The van der Waals surface area contributed by atoms with Crippen LogP contribution in [0.3, 0.4) is 0 Å². The van der Waals surface area contributed by atoms with E-state index in [1.54, 1.807) is 0 Å². The lowest BCUT2D eigenvalue weighted by atomic mass is 10.5. The lowest BCUT2D eigenvalue weighted by Crippen LogP contribution is -2.06. The van der Waals surface area contributed by atoms with E-state index in [4.69, 9.17) is 0 Å². The van der Waals surface area contributed by atoms with Crippen molar-refractivity contribution < 1.29 is 19.1 Å².